The van der Waals surface area contributed by atoms with Gasteiger partial charge in [0, 0.05) is 18.6 Å². The summed E-state index contributed by atoms with van der Waals surface area (Å²) in [6.45, 7) is 5.18. The molecule has 1 aliphatic heterocycles. The molecule has 0 saturated carbocycles. The molecule has 1 saturated heterocycles. The third-order valence-corrected chi connectivity index (χ3v) is 3.94. The predicted octanol–water partition coefficient (Wildman–Crippen LogP) is 2.76. The van der Waals surface area contributed by atoms with Crippen LogP contribution in [0.3, 0.4) is 0 Å². The van der Waals surface area contributed by atoms with Crippen molar-refractivity contribution in [3.05, 3.63) is 35.9 Å². The Bertz CT molecular complexity index is 392. The highest BCUT2D eigenvalue weighted by molar-refractivity contribution is 5.70. The van der Waals surface area contributed by atoms with Crippen LogP contribution in [0.1, 0.15) is 32.3 Å². The van der Waals surface area contributed by atoms with Crippen LogP contribution < -0.4 is 0 Å². The molecular weight excluding hydrogens is 226 g/mol. The van der Waals surface area contributed by atoms with Gasteiger partial charge in [-0.3, -0.25) is 9.69 Å². The van der Waals surface area contributed by atoms with Crippen molar-refractivity contribution < 1.29 is 9.90 Å². The summed E-state index contributed by atoms with van der Waals surface area (Å²) < 4.78 is 0. The minimum Gasteiger partial charge on any atom is -0.481 e. The topological polar surface area (TPSA) is 40.5 Å². The summed E-state index contributed by atoms with van der Waals surface area (Å²) in [5.41, 5.74) is 1.30. The molecule has 1 N–H and O–H groups in total. The molecule has 0 amide bonds. The van der Waals surface area contributed by atoms with Crippen LogP contribution >= 0.6 is 0 Å². The van der Waals surface area contributed by atoms with Gasteiger partial charge in [0.05, 0.1) is 5.92 Å². The Balaban J connectivity index is 2.04. The molecule has 0 spiro atoms. The van der Waals surface area contributed by atoms with Gasteiger partial charge >= 0.3 is 5.97 Å². The molecule has 0 aromatic heterocycles. The van der Waals surface area contributed by atoms with Crippen LogP contribution in [0.5, 0.6) is 0 Å². The van der Waals surface area contributed by atoms with Crippen LogP contribution in [0, 0.1) is 5.92 Å². The molecule has 1 aromatic carbocycles. The largest absolute Gasteiger partial charge is 0.481 e. The Morgan fingerprint density at radius 3 is 2.28 bits per heavy atom. The highest BCUT2D eigenvalue weighted by Crippen LogP contribution is 2.29. The van der Waals surface area contributed by atoms with Crippen LogP contribution in [0.15, 0.2) is 30.3 Å². The zero-order valence-electron chi connectivity index (χ0n) is 11.0. The van der Waals surface area contributed by atoms with Crippen LogP contribution in [0.2, 0.25) is 0 Å². The fourth-order valence-corrected chi connectivity index (χ4v) is 2.93. The van der Waals surface area contributed by atoms with E-state index in [1.807, 2.05) is 6.07 Å². The SMILES string of the molecule is C[C@@H]1CC(C(=O)O)C[C@@H](C)N1Cc1ccccc1. The third-order valence-electron chi connectivity index (χ3n) is 3.94. The summed E-state index contributed by atoms with van der Waals surface area (Å²) in [4.78, 5) is 13.5. The molecule has 0 aliphatic carbocycles. The zero-order chi connectivity index (χ0) is 13.1. The van der Waals surface area contributed by atoms with Gasteiger partial charge in [-0.1, -0.05) is 30.3 Å². The minimum absolute atomic E-state index is 0.179. The van der Waals surface area contributed by atoms with Crippen LogP contribution in [0.25, 0.3) is 0 Å². The number of carbonyl (C=O) groups is 1. The van der Waals surface area contributed by atoms with Crippen molar-refractivity contribution in [1.29, 1.82) is 0 Å². The van der Waals surface area contributed by atoms with Gasteiger partial charge in [0.25, 0.3) is 0 Å². The van der Waals surface area contributed by atoms with Gasteiger partial charge in [0.2, 0.25) is 0 Å². The molecular formula is C15H21NO2. The van der Waals surface area contributed by atoms with E-state index < -0.39 is 5.97 Å². The maximum absolute atomic E-state index is 11.1. The summed E-state index contributed by atoms with van der Waals surface area (Å²) in [6, 6.07) is 11.0. The van der Waals surface area contributed by atoms with Crippen LogP contribution in [-0.4, -0.2) is 28.1 Å². The third kappa shape index (κ3) is 2.91. The van der Waals surface area contributed by atoms with Crippen LogP contribution in [-0.2, 0) is 11.3 Å². The van der Waals surface area contributed by atoms with E-state index in [-0.39, 0.29) is 5.92 Å². The fraction of sp³-hybridized carbons (Fsp3) is 0.533. The van der Waals surface area contributed by atoms with Gasteiger partial charge in [-0.2, -0.15) is 0 Å². The standard InChI is InChI=1S/C15H21NO2/c1-11-8-14(15(17)18)9-12(2)16(11)10-13-6-4-3-5-7-13/h3-7,11-12,14H,8-10H2,1-2H3,(H,17,18)/t11-,12-/m1/s1. The average molecular weight is 247 g/mol. The van der Waals surface area contributed by atoms with E-state index in [1.165, 1.54) is 5.56 Å². The van der Waals surface area contributed by atoms with E-state index in [9.17, 15) is 4.79 Å². The highest BCUT2D eigenvalue weighted by atomic mass is 16.4. The van der Waals surface area contributed by atoms with Crippen molar-refractivity contribution in [1.82, 2.24) is 4.90 Å². The Morgan fingerprint density at radius 1 is 1.22 bits per heavy atom. The summed E-state index contributed by atoms with van der Waals surface area (Å²) >= 11 is 0. The van der Waals surface area contributed by atoms with Crippen molar-refractivity contribution in [2.24, 2.45) is 5.92 Å². The number of hydrogen-bond acceptors (Lipinski definition) is 2. The molecule has 0 bridgehead atoms. The second-order valence-electron chi connectivity index (χ2n) is 5.36. The molecule has 1 fully saturated rings. The number of nitrogens with zero attached hydrogens (tertiary/aromatic N) is 1. The van der Waals surface area contributed by atoms with E-state index in [0.717, 1.165) is 19.4 Å². The summed E-state index contributed by atoms with van der Waals surface area (Å²) in [6.07, 6.45) is 1.51. The van der Waals surface area contributed by atoms with Crippen LogP contribution in [0.4, 0.5) is 0 Å². The number of benzene rings is 1. The van der Waals surface area contributed by atoms with Crippen molar-refractivity contribution in [3.63, 3.8) is 0 Å². The molecule has 1 heterocycles. The highest BCUT2D eigenvalue weighted by Gasteiger charge is 2.34. The van der Waals surface area contributed by atoms with Gasteiger partial charge in [-0.05, 0) is 32.3 Å². The van der Waals surface area contributed by atoms with E-state index in [2.05, 4.69) is 43.0 Å². The molecule has 1 aliphatic rings. The Morgan fingerprint density at radius 2 is 1.78 bits per heavy atom. The lowest BCUT2D eigenvalue weighted by molar-refractivity contribution is -0.145. The van der Waals surface area contributed by atoms with Crippen molar-refractivity contribution in [2.75, 3.05) is 0 Å². The Labute approximate surface area is 108 Å². The molecule has 0 unspecified atom stereocenters. The maximum atomic E-state index is 11.1. The van der Waals surface area contributed by atoms with Crippen molar-refractivity contribution in [2.45, 2.75) is 45.3 Å². The zero-order valence-corrected chi connectivity index (χ0v) is 11.0. The Kier molecular flexibility index (Phi) is 4.02. The van der Waals surface area contributed by atoms with Gasteiger partial charge in [-0.25, -0.2) is 0 Å². The fourth-order valence-electron chi connectivity index (χ4n) is 2.93. The minimum atomic E-state index is -0.645. The molecule has 3 heteroatoms. The monoisotopic (exact) mass is 247 g/mol. The maximum Gasteiger partial charge on any atom is 0.306 e. The number of aliphatic carboxylic acids is 1. The number of likely N-dealkylation sites (tertiary alicyclic amines) is 1. The van der Waals surface area contributed by atoms with Crippen molar-refractivity contribution >= 4 is 5.97 Å². The molecule has 0 radical (unpaired) electrons. The number of carboxylic acids is 1. The molecule has 2 atom stereocenters. The van der Waals surface area contributed by atoms with E-state index in [4.69, 9.17) is 5.11 Å². The van der Waals surface area contributed by atoms with Crippen molar-refractivity contribution in [3.8, 4) is 0 Å². The first-order valence-corrected chi connectivity index (χ1v) is 6.60. The number of carboxylic acid groups (broad SMARTS) is 1. The van der Waals surface area contributed by atoms with E-state index in [1.54, 1.807) is 0 Å². The first-order valence-electron chi connectivity index (χ1n) is 6.60. The quantitative estimate of drug-likeness (QED) is 0.893. The summed E-state index contributed by atoms with van der Waals surface area (Å²) in [7, 11) is 0. The van der Waals surface area contributed by atoms with Gasteiger partial charge in [0.15, 0.2) is 0 Å². The predicted molar refractivity (Wildman–Crippen MR) is 71.3 cm³/mol. The van der Waals surface area contributed by atoms with E-state index >= 15 is 0 Å². The number of rotatable bonds is 3. The molecule has 18 heavy (non-hydrogen) atoms. The van der Waals surface area contributed by atoms with Gasteiger partial charge < -0.3 is 5.11 Å². The summed E-state index contributed by atoms with van der Waals surface area (Å²) in [5, 5.41) is 9.13. The lowest BCUT2D eigenvalue weighted by atomic mass is 9.87. The lowest BCUT2D eigenvalue weighted by Gasteiger charge is -2.41. The normalized spacial score (nSPS) is 29.1. The van der Waals surface area contributed by atoms with E-state index in [0.29, 0.717) is 12.1 Å². The Hall–Kier alpha value is -1.35. The molecule has 1 aromatic rings. The van der Waals surface area contributed by atoms with Gasteiger partial charge in [-0.15, -0.1) is 0 Å². The molecule has 3 nitrogen and oxygen atoms in total. The first-order chi connectivity index (χ1) is 8.58. The lowest BCUT2D eigenvalue weighted by Crippen LogP contribution is -2.47. The molecule has 98 valence electrons. The van der Waals surface area contributed by atoms with Gasteiger partial charge in [0.1, 0.15) is 0 Å². The first kappa shape index (κ1) is 13.1. The second kappa shape index (κ2) is 5.53. The average Bonchev–Trinajstić information content (AvgIpc) is 2.34. The second-order valence-corrected chi connectivity index (χ2v) is 5.36. The number of hydrogen-bond donors (Lipinski definition) is 1. The number of piperidine rings is 1. The smallest absolute Gasteiger partial charge is 0.306 e. The molecule has 2 rings (SSSR count). The summed E-state index contributed by atoms with van der Waals surface area (Å²) in [5.74, 6) is -0.824.